The summed E-state index contributed by atoms with van der Waals surface area (Å²) in [6.45, 7) is 1.99. The molecule has 3 N–H and O–H groups in total. The summed E-state index contributed by atoms with van der Waals surface area (Å²) >= 11 is 3.35. The van der Waals surface area contributed by atoms with Gasteiger partial charge in [0.25, 0.3) is 0 Å². The zero-order valence-corrected chi connectivity index (χ0v) is 8.89. The van der Waals surface area contributed by atoms with Crippen LogP contribution < -0.4 is 11.1 Å². The highest BCUT2D eigenvalue weighted by Crippen LogP contribution is 2.22. The van der Waals surface area contributed by atoms with Crippen LogP contribution in [-0.2, 0) is 4.79 Å². The molecule has 4 heteroatoms. The summed E-state index contributed by atoms with van der Waals surface area (Å²) < 4.78 is 0.870. The second-order valence-electron chi connectivity index (χ2n) is 2.74. The maximum absolute atomic E-state index is 11.0. The van der Waals surface area contributed by atoms with Crippen LogP contribution >= 0.6 is 15.9 Å². The molecule has 0 aromatic heterocycles. The smallest absolute Gasteiger partial charge is 0.238 e. The molecule has 0 aliphatic rings. The van der Waals surface area contributed by atoms with Crippen LogP contribution in [0.1, 0.15) is 5.56 Å². The van der Waals surface area contributed by atoms with E-state index in [0.717, 1.165) is 15.7 Å². The minimum atomic E-state index is -0.190. The Morgan fingerprint density at radius 3 is 2.85 bits per heavy atom. The van der Waals surface area contributed by atoms with Gasteiger partial charge in [0.1, 0.15) is 0 Å². The van der Waals surface area contributed by atoms with Crippen molar-refractivity contribution in [1.82, 2.24) is 0 Å². The highest BCUT2D eigenvalue weighted by Gasteiger charge is 2.02. The fourth-order valence-corrected chi connectivity index (χ4v) is 1.52. The predicted molar refractivity (Wildman–Crippen MR) is 56.6 cm³/mol. The van der Waals surface area contributed by atoms with Gasteiger partial charge >= 0.3 is 0 Å². The molecular weight excluding hydrogens is 232 g/mol. The fraction of sp³-hybridized carbons (Fsp3) is 0.222. The van der Waals surface area contributed by atoms with Crippen molar-refractivity contribution >= 4 is 27.5 Å². The molecule has 0 aliphatic carbocycles. The van der Waals surface area contributed by atoms with E-state index in [1.807, 2.05) is 25.1 Å². The third-order valence-corrected chi connectivity index (χ3v) is 2.24. The molecule has 70 valence electrons. The van der Waals surface area contributed by atoms with Gasteiger partial charge in [-0.15, -0.1) is 0 Å². The minimum Gasteiger partial charge on any atom is -0.324 e. The number of carbonyl (C=O) groups is 1. The van der Waals surface area contributed by atoms with Crippen molar-refractivity contribution in [3.05, 3.63) is 28.2 Å². The molecule has 0 radical (unpaired) electrons. The molecule has 0 atom stereocenters. The number of carbonyl (C=O) groups excluding carboxylic acids is 1. The number of nitrogens with one attached hydrogen (secondary N) is 1. The van der Waals surface area contributed by atoms with Gasteiger partial charge in [-0.1, -0.05) is 6.07 Å². The summed E-state index contributed by atoms with van der Waals surface area (Å²) in [5, 5.41) is 2.68. The fourth-order valence-electron chi connectivity index (χ4n) is 0.923. The second kappa shape index (κ2) is 4.39. The molecule has 0 spiro atoms. The molecular formula is C9H11BrN2O. The van der Waals surface area contributed by atoms with Gasteiger partial charge in [-0.2, -0.15) is 0 Å². The van der Waals surface area contributed by atoms with Crippen LogP contribution in [-0.4, -0.2) is 12.5 Å². The molecule has 0 heterocycles. The van der Waals surface area contributed by atoms with E-state index in [1.165, 1.54) is 0 Å². The SMILES string of the molecule is Cc1ccc(NC(=O)CN)c(Br)c1. The number of nitrogens with two attached hydrogens (primary N) is 1. The first-order valence-electron chi connectivity index (χ1n) is 3.89. The number of anilines is 1. The van der Waals surface area contributed by atoms with Gasteiger partial charge in [0.05, 0.1) is 12.2 Å². The number of halogens is 1. The van der Waals surface area contributed by atoms with Crippen molar-refractivity contribution in [2.45, 2.75) is 6.92 Å². The van der Waals surface area contributed by atoms with E-state index in [0.29, 0.717) is 0 Å². The average Bonchev–Trinajstić information content (AvgIpc) is 2.09. The maximum Gasteiger partial charge on any atom is 0.238 e. The van der Waals surface area contributed by atoms with Crippen molar-refractivity contribution in [1.29, 1.82) is 0 Å². The lowest BCUT2D eigenvalue weighted by atomic mass is 10.2. The summed E-state index contributed by atoms with van der Waals surface area (Å²) in [6.07, 6.45) is 0. The lowest BCUT2D eigenvalue weighted by Gasteiger charge is -2.06. The van der Waals surface area contributed by atoms with Crippen LogP contribution in [0, 0.1) is 6.92 Å². The second-order valence-corrected chi connectivity index (χ2v) is 3.59. The van der Waals surface area contributed by atoms with Gasteiger partial charge in [0.15, 0.2) is 0 Å². The quantitative estimate of drug-likeness (QED) is 0.829. The Bertz CT molecular complexity index is 325. The largest absolute Gasteiger partial charge is 0.324 e. The molecule has 0 bridgehead atoms. The summed E-state index contributed by atoms with van der Waals surface area (Å²) in [6, 6.07) is 5.70. The van der Waals surface area contributed by atoms with Gasteiger partial charge in [0, 0.05) is 4.47 Å². The molecule has 0 aliphatic heterocycles. The Kier molecular flexibility index (Phi) is 3.45. The number of hydrogen-bond acceptors (Lipinski definition) is 2. The molecule has 1 aromatic rings. The van der Waals surface area contributed by atoms with Crippen molar-refractivity contribution in [2.24, 2.45) is 5.73 Å². The van der Waals surface area contributed by atoms with E-state index >= 15 is 0 Å². The molecule has 0 saturated carbocycles. The molecule has 0 unspecified atom stereocenters. The van der Waals surface area contributed by atoms with Crippen LogP contribution in [0.2, 0.25) is 0 Å². The topological polar surface area (TPSA) is 55.1 Å². The van der Waals surface area contributed by atoms with Crippen molar-refractivity contribution in [3.63, 3.8) is 0 Å². The zero-order chi connectivity index (χ0) is 9.84. The average molecular weight is 243 g/mol. The minimum absolute atomic E-state index is 0.000314. The van der Waals surface area contributed by atoms with Crippen LogP contribution in [0.15, 0.2) is 22.7 Å². The predicted octanol–water partition coefficient (Wildman–Crippen LogP) is 1.65. The molecule has 1 aromatic carbocycles. The summed E-state index contributed by atoms with van der Waals surface area (Å²) in [5.41, 5.74) is 7.06. The third-order valence-electron chi connectivity index (χ3n) is 1.58. The van der Waals surface area contributed by atoms with Crippen LogP contribution in [0.4, 0.5) is 5.69 Å². The lowest BCUT2D eigenvalue weighted by Crippen LogP contribution is -2.21. The Morgan fingerprint density at radius 1 is 1.62 bits per heavy atom. The number of rotatable bonds is 2. The van der Waals surface area contributed by atoms with E-state index in [-0.39, 0.29) is 12.5 Å². The van der Waals surface area contributed by atoms with Gasteiger partial charge in [-0.25, -0.2) is 0 Å². The molecule has 13 heavy (non-hydrogen) atoms. The van der Waals surface area contributed by atoms with Crippen molar-refractivity contribution in [2.75, 3.05) is 11.9 Å². The number of aryl methyl sites for hydroxylation is 1. The molecule has 1 rings (SSSR count). The van der Waals surface area contributed by atoms with E-state index < -0.39 is 0 Å². The van der Waals surface area contributed by atoms with E-state index in [2.05, 4.69) is 21.2 Å². The van der Waals surface area contributed by atoms with E-state index in [9.17, 15) is 4.79 Å². The molecule has 1 amide bonds. The van der Waals surface area contributed by atoms with Crippen LogP contribution in [0.25, 0.3) is 0 Å². The molecule has 3 nitrogen and oxygen atoms in total. The summed E-state index contributed by atoms with van der Waals surface area (Å²) in [4.78, 5) is 11.0. The Balaban J connectivity index is 2.83. The first-order chi connectivity index (χ1) is 6.13. The number of amides is 1. The van der Waals surface area contributed by atoms with Crippen molar-refractivity contribution in [3.8, 4) is 0 Å². The lowest BCUT2D eigenvalue weighted by molar-refractivity contribution is -0.114. The van der Waals surface area contributed by atoms with E-state index in [4.69, 9.17) is 5.73 Å². The van der Waals surface area contributed by atoms with Crippen molar-refractivity contribution < 1.29 is 4.79 Å². The molecule has 0 fully saturated rings. The number of benzene rings is 1. The summed E-state index contributed by atoms with van der Waals surface area (Å²) in [7, 11) is 0. The highest BCUT2D eigenvalue weighted by molar-refractivity contribution is 9.10. The zero-order valence-electron chi connectivity index (χ0n) is 7.30. The number of hydrogen-bond donors (Lipinski definition) is 2. The van der Waals surface area contributed by atoms with Crippen LogP contribution in [0.5, 0.6) is 0 Å². The Labute approximate surface area is 85.4 Å². The summed E-state index contributed by atoms with van der Waals surface area (Å²) in [5.74, 6) is -0.190. The monoisotopic (exact) mass is 242 g/mol. The normalized spacial score (nSPS) is 9.77. The van der Waals surface area contributed by atoms with Gasteiger partial charge in [-0.3, -0.25) is 4.79 Å². The van der Waals surface area contributed by atoms with Gasteiger partial charge < -0.3 is 11.1 Å². The van der Waals surface area contributed by atoms with Gasteiger partial charge in [0.2, 0.25) is 5.91 Å². The third kappa shape index (κ3) is 2.82. The Morgan fingerprint density at radius 2 is 2.31 bits per heavy atom. The first kappa shape index (κ1) is 10.2. The maximum atomic E-state index is 11.0. The Hall–Kier alpha value is -0.870. The highest BCUT2D eigenvalue weighted by atomic mass is 79.9. The standard InChI is InChI=1S/C9H11BrN2O/c1-6-2-3-8(7(10)4-6)12-9(13)5-11/h2-4H,5,11H2,1H3,(H,12,13). The van der Waals surface area contributed by atoms with E-state index in [1.54, 1.807) is 0 Å². The van der Waals surface area contributed by atoms with Crippen LogP contribution in [0.3, 0.4) is 0 Å². The van der Waals surface area contributed by atoms with Gasteiger partial charge in [-0.05, 0) is 40.5 Å². The molecule has 0 saturated heterocycles. The first-order valence-corrected chi connectivity index (χ1v) is 4.69.